The van der Waals surface area contributed by atoms with Gasteiger partial charge < -0.3 is 5.11 Å². The Bertz CT molecular complexity index is 357. The zero-order chi connectivity index (χ0) is 11.6. The molecule has 0 radical (unpaired) electrons. The first kappa shape index (κ1) is 12.3. The molecule has 0 saturated carbocycles. The molecule has 0 spiro atoms. The van der Waals surface area contributed by atoms with Crippen molar-refractivity contribution in [1.82, 2.24) is 4.98 Å². The topological polar surface area (TPSA) is 53.4 Å². The van der Waals surface area contributed by atoms with Crippen LogP contribution in [0.3, 0.4) is 0 Å². The molecule has 0 unspecified atom stereocenters. The van der Waals surface area contributed by atoms with Gasteiger partial charge in [-0.15, -0.1) is 23.1 Å². The predicted octanol–water partition coefficient (Wildman–Crippen LogP) is 3.15. The van der Waals surface area contributed by atoms with Crippen LogP contribution in [0.5, 0.6) is 0 Å². The highest BCUT2D eigenvalue weighted by atomic mass is 32.2. The fraction of sp³-hybridized carbons (Fsp3) is 0.556. The number of carbonyl (C=O) groups is 1. The average Bonchev–Trinajstić information content (AvgIpc) is 2.49. The van der Waals surface area contributed by atoms with Crippen LogP contribution < -0.4 is 4.90 Å². The smallest absolute Gasteiger partial charge is 0.414 e. The molecule has 0 aliphatic carbocycles. The van der Waals surface area contributed by atoms with E-state index in [1.165, 1.54) is 28.0 Å². The highest BCUT2D eigenvalue weighted by Gasteiger charge is 2.30. The second-order valence-corrected chi connectivity index (χ2v) is 5.62. The normalized spacial score (nSPS) is 11.5. The van der Waals surface area contributed by atoms with Crippen molar-refractivity contribution >= 4 is 34.3 Å². The van der Waals surface area contributed by atoms with Crippen molar-refractivity contribution in [2.75, 3.05) is 11.2 Å². The monoisotopic (exact) mass is 246 g/mol. The number of rotatable bonds is 2. The van der Waals surface area contributed by atoms with E-state index >= 15 is 0 Å². The van der Waals surface area contributed by atoms with Crippen molar-refractivity contribution < 1.29 is 9.90 Å². The summed E-state index contributed by atoms with van der Waals surface area (Å²) in [6.45, 7) is 5.55. The average molecular weight is 246 g/mol. The van der Waals surface area contributed by atoms with Gasteiger partial charge in [-0.1, -0.05) is 0 Å². The quantitative estimate of drug-likeness (QED) is 0.814. The maximum Gasteiger partial charge on any atom is 0.414 e. The van der Waals surface area contributed by atoms with Crippen LogP contribution in [0.2, 0.25) is 0 Å². The second-order valence-electron chi connectivity index (χ2n) is 3.96. The van der Waals surface area contributed by atoms with E-state index in [0.717, 1.165) is 5.03 Å². The molecule has 4 nitrogen and oxygen atoms in total. The van der Waals surface area contributed by atoms with Crippen molar-refractivity contribution in [2.24, 2.45) is 0 Å². The van der Waals surface area contributed by atoms with Crippen molar-refractivity contribution in [3.8, 4) is 0 Å². The summed E-state index contributed by atoms with van der Waals surface area (Å²) >= 11 is 2.86. The molecule has 0 aromatic carbocycles. The molecule has 6 heteroatoms. The Balaban J connectivity index is 3.05. The highest BCUT2D eigenvalue weighted by Crippen LogP contribution is 2.30. The Labute approximate surface area is 97.3 Å². The summed E-state index contributed by atoms with van der Waals surface area (Å²) in [5, 5.41) is 12.4. The molecule has 1 rings (SSSR count). The van der Waals surface area contributed by atoms with E-state index in [2.05, 4.69) is 4.98 Å². The summed E-state index contributed by atoms with van der Waals surface area (Å²) in [7, 11) is 0. The molecule has 0 fully saturated rings. The third kappa shape index (κ3) is 2.85. The Morgan fingerprint density at radius 2 is 2.20 bits per heavy atom. The zero-order valence-corrected chi connectivity index (χ0v) is 10.8. The summed E-state index contributed by atoms with van der Waals surface area (Å²) in [6, 6.07) is 0. The van der Waals surface area contributed by atoms with Crippen LogP contribution in [0.4, 0.5) is 9.93 Å². The first-order valence-corrected chi connectivity index (χ1v) is 6.49. The summed E-state index contributed by atoms with van der Waals surface area (Å²) in [4.78, 5) is 16.7. The van der Waals surface area contributed by atoms with Gasteiger partial charge in [0.15, 0.2) is 5.13 Å². The fourth-order valence-electron chi connectivity index (χ4n) is 1.10. The third-order valence-electron chi connectivity index (χ3n) is 1.73. The van der Waals surface area contributed by atoms with Crippen LogP contribution in [0, 0.1) is 0 Å². The third-order valence-corrected chi connectivity index (χ3v) is 3.34. The largest absolute Gasteiger partial charge is 0.465 e. The number of nitrogens with zero attached hydrogens (tertiary/aromatic N) is 2. The summed E-state index contributed by atoms with van der Waals surface area (Å²) < 4.78 is 0. The van der Waals surface area contributed by atoms with Gasteiger partial charge in [0.05, 0.1) is 0 Å². The van der Waals surface area contributed by atoms with Gasteiger partial charge in [0.1, 0.15) is 5.03 Å². The molecular weight excluding hydrogens is 232 g/mol. The van der Waals surface area contributed by atoms with E-state index < -0.39 is 11.6 Å². The molecule has 15 heavy (non-hydrogen) atoms. The molecule has 1 aromatic rings. The maximum absolute atomic E-state index is 11.1. The minimum absolute atomic E-state index is 0.473. The number of anilines is 1. The van der Waals surface area contributed by atoms with Crippen molar-refractivity contribution in [1.29, 1.82) is 0 Å². The number of carboxylic acid groups (broad SMARTS) is 1. The molecule has 1 amide bonds. The number of hydrogen-bond acceptors (Lipinski definition) is 4. The lowest BCUT2D eigenvalue weighted by Crippen LogP contribution is -2.45. The van der Waals surface area contributed by atoms with Crippen LogP contribution in [-0.4, -0.2) is 28.0 Å². The molecule has 1 N–H and O–H groups in total. The van der Waals surface area contributed by atoms with Gasteiger partial charge >= 0.3 is 6.09 Å². The molecule has 1 aromatic heterocycles. The Morgan fingerprint density at radius 1 is 1.60 bits per heavy atom. The Hall–Kier alpha value is -0.750. The van der Waals surface area contributed by atoms with E-state index in [1.54, 1.807) is 0 Å². The molecule has 0 saturated heterocycles. The van der Waals surface area contributed by atoms with Crippen LogP contribution in [-0.2, 0) is 0 Å². The summed E-state index contributed by atoms with van der Waals surface area (Å²) in [5.41, 5.74) is -0.473. The second kappa shape index (κ2) is 4.40. The highest BCUT2D eigenvalue weighted by molar-refractivity contribution is 7.98. The molecule has 84 valence electrons. The lowest BCUT2D eigenvalue weighted by Gasteiger charge is -2.30. The number of thiazole rings is 1. The first-order valence-electron chi connectivity index (χ1n) is 4.39. The molecule has 0 aliphatic heterocycles. The van der Waals surface area contributed by atoms with Gasteiger partial charge in [-0.25, -0.2) is 14.7 Å². The van der Waals surface area contributed by atoms with E-state index in [1.807, 2.05) is 32.4 Å². The number of hydrogen-bond donors (Lipinski definition) is 1. The molecule has 0 atom stereocenters. The van der Waals surface area contributed by atoms with Gasteiger partial charge in [-0.05, 0) is 27.0 Å². The minimum Gasteiger partial charge on any atom is -0.465 e. The van der Waals surface area contributed by atoms with Gasteiger partial charge in [0.2, 0.25) is 0 Å². The predicted molar refractivity (Wildman–Crippen MR) is 64.2 cm³/mol. The lowest BCUT2D eigenvalue weighted by molar-refractivity contribution is 0.195. The first-order chi connectivity index (χ1) is 6.86. The van der Waals surface area contributed by atoms with Gasteiger partial charge in [-0.3, -0.25) is 0 Å². The van der Waals surface area contributed by atoms with Crippen LogP contribution in [0.25, 0.3) is 0 Å². The maximum atomic E-state index is 11.1. The van der Waals surface area contributed by atoms with E-state index in [-0.39, 0.29) is 0 Å². The van der Waals surface area contributed by atoms with Crippen molar-refractivity contribution in [2.45, 2.75) is 31.3 Å². The van der Waals surface area contributed by atoms with Crippen molar-refractivity contribution in [3.05, 3.63) is 5.38 Å². The molecule has 1 heterocycles. The van der Waals surface area contributed by atoms with Crippen LogP contribution >= 0.6 is 23.1 Å². The van der Waals surface area contributed by atoms with E-state index in [9.17, 15) is 4.79 Å². The van der Waals surface area contributed by atoms with Crippen LogP contribution in [0.1, 0.15) is 20.8 Å². The lowest BCUT2D eigenvalue weighted by atomic mass is 10.1. The van der Waals surface area contributed by atoms with Crippen molar-refractivity contribution in [3.63, 3.8) is 0 Å². The number of aromatic nitrogens is 1. The number of thioether (sulfide) groups is 1. The standard InChI is InChI=1S/C9H14N2O2S2/c1-9(2,3)11(8(12)13)7-10-6(14-4)5-15-7/h5H,1-4H3,(H,12,13). The molecular formula is C9H14N2O2S2. The van der Waals surface area contributed by atoms with E-state index in [0.29, 0.717) is 5.13 Å². The van der Waals surface area contributed by atoms with Gasteiger partial charge in [0, 0.05) is 10.9 Å². The van der Waals surface area contributed by atoms with Gasteiger partial charge in [0.25, 0.3) is 0 Å². The Morgan fingerprint density at radius 3 is 2.53 bits per heavy atom. The fourth-order valence-corrected chi connectivity index (χ4v) is 2.73. The number of amides is 1. The van der Waals surface area contributed by atoms with Gasteiger partial charge in [-0.2, -0.15) is 0 Å². The Kier molecular flexibility index (Phi) is 3.62. The van der Waals surface area contributed by atoms with E-state index in [4.69, 9.17) is 5.11 Å². The summed E-state index contributed by atoms with van der Waals surface area (Å²) in [5.74, 6) is 0. The molecule has 0 bridgehead atoms. The van der Waals surface area contributed by atoms with Crippen LogP contribution in [0.15, 0.2) is 10.4 Å². The molecule has 0 aliphatic rings. The SMILES string of the molecule is CSc1csc(N(C(=O)O)C(C)(C)C)n1. The zero-order valence-electron chi connectivity index (χ0n) is 9.14. The summed E-state index contributed by atoms with van der Waals surface area (Å²) in [6.07, 6.45) is 0.950. The minimum atomic E-state index is -0.968.